The molecule has 0 spiro atoms. The number of nitrogens with zero attached hydrogens (tertiary/aromatic N) is 1. The van der Waals surface area contributed by atoms with E-state index >= 15 is 0 Å². The molecule has 0 unspecified atom stereocenters. The molecule has 0 aliphatic heterocycles. The van der Waals surface area contributed by atoms with Gasteiger partial charge in [0.2, 0.25) is 0 Å². The smallest absolute Gasteiger partial charge is 0.170 e. The molecule has 0 bridgehead atoms. The number of thiazole rings is 1. The van der Waals surface area contributed by atoms with Gasteiger partial charge < -0.3 is 0 Å². The zero-order chi connectivity index (χ0) is 12.4. The van der Waals surface area contributed by atoms with E-state index in [0.717, 1.165) is 19.8 Å². The minimum atomic E-state index is 0.142. The number of carbonyl (C=O) groups excluding carboxylic acids is 1. The van der Waals surface area contributed by atoms with E-state index < -0.39 is 0 Å². The molecule has 0 amide bonds. The van der Waals surface area contributed by atoms with Gasteiger partial charge in [-0.3, -0.25) is 4.79 Å². The Morgan fingerprint density at radius 1 is 1.35 bits per heavy atom. The maximum atomic E-state index is 12.1. The fraction of sp³-hybridized carbons (Fsp3) is 0.231. The number of hydrogen-bond donors (Lipinski definition) is 0. The summed E-state index contributed by atoms with van der Waals surface area (Å²) in [6.45, 7) is 4.01. The van der Waals surface area contributed by atoms with Crippen LogP contribution in [0.2, 0.25) is 0 Å². The summed E-state index contributed by atoms with van der Waals surface area (Å²) in [6.07, 6.45) is 0.402. The van der Waals surface area contributed by atoms with Gasteiger partial charge in [0.15, 0.2) is 5.78 Å². The Kier molecular flexibility index (Phi) is 3.93. The third kappa shape index (κ3) is 2.93. The number of ketones is 1. The quantitative estimate of drug-likeness (QED) is 0.618. The summed E-state index contributed by atoms with van der Waals surface area (Å²) < 4.78 is 1.00. The van der Waals surface area contributed by atoms with Crippen LogP contribution in [0.1, 0.15) is 25.9 Å². The molecule has 1 aromatic heterocycles. The molecule has 0 aliphatic carbocycles. The van der Waals surface area contributed by atoms with E-state index in [9.17, 15) is 4.79 Å². The highest BCUT2D eigenvalue weighted by Crippen LogP contribution is 2.20. The summed E-state index contributed by atoms with van der Waals surface area (Å²) in [5.74, 6) is 0.142. The molecule has 1 aromatic carbocycles. The second kappa shape index (κ2) is 5.27. The monoisotopic (exact) mass is 357 g/mol. The first-order valence-electron chi connectivity index (χ1n) is 5.28. The van der Waals surface area contributed by atoms with Crippen LogP contribution in [0.25, 0.3) is 0 Å². The number of aromatic nitrogens is 1. The summed E-state index contributed by atoms with van der Waals surface area (Å²) in [7, 11) is 0. The molecule has 0 fully saturated rings. The Bertz CT molecular complexity index is 543. The summed E-state index contributed by atoms with van der Waals surface area (Å²) in [5, 5.41) is 0.907. The number of aryl methyl sites for hydroxylation is 2. The molecule has 88 valence electrons. The van der Waals surface area contributed by atoms with Gasteiger partial charge in [-0.05, 0) is 42.5 Å². The summed E-state index contributed by atoms with van der Waals surface area (Å²) in [6, 6.07) is 7.66. The number of benzene rings is 1. The molecule has 1 heterocycles. The normalized spacial score (nSPS) is 10.5. The Balaban J connectivity index is 2.20. The number of halogens is 1. The fourth-order valence-electron chi connectivity index (χ4n) is 1.53. The van der Waals surface area contributed by atoms with Crippen molar-refractivity contribution in [3.8, 4) is 0 Å². The van der Waals surface area contributed by atoms with Crippen molar-refractivity contribution in [3.63, 3.8) is 0 Å². The van der Waals surface area contributed by atoms with Crippen LogP contribution in [0.4, 0.5) is 0 Å². The zero-order valence-electron chi connectivity index (χ0n) is 9.66. The third-order valence-electron chi connectivity index (χ3n) is 2.56. The molecule has 2 nitrogen and oxygen atoms in total. The molecule has 2 rings (SSSR count). The van der Waals surface area contributed by atoms with Crippen LogP contribution in [0.15, 0.2) is 24.3 Å². The van der Waals surface area contributed by atoms with E-state index in [4.69, 9.17) is 0 Å². The molecular formula is C13H12INOS. The van der Waals surface area contributed by atoms with E-state index in [1.54, 1.807) is 11.3 Å². The van der Waals surface area contributed by atoms with Gasteiger partial charge in [0.1, 0.15) is 5.01 Å². The number of rotatable bonds is 3. The lowest BCUT2D eigenvalue weighted by atomic mass is 10.1. The first kappa shape index (κ1) is 12.7. The topological polar surface area (TPSA) is 30.0 Å². The van der Waals surface area contributed by atoms with Gasteiger partial charge in [-0.2, -0.15) is 0 Å². The molecule has 0 aliphatic rings. The highest BCUT2D eigenvalue weighted by atomic mass is 127. The Morgan fingerprint density at radius 3 is 2.65 bits per heavy atom. The minimum absolute atomic E-state index is 0.142. The van der Waals surface area contributed by atoms with E-state index in [1.807, 2.05) is 38.1 Å². The van der Waals surface area contributed by atoms with Crippen molar-refractivity contribution in [1.29, 1.82) is 0 Å². The standard InChI is InChI=1S/C13H12INOS/c1-8-9(2)17-13(15-8)7-12(16)10-5-3-4-6-11(10)14/h3-6H,7H2,1-2H3. The molecule has 17 heavy (non-hydrogen) atoms. The zero-order valence-corrected chi connectivity index (χ0v) is 12.6. The lowest BCUT2D eigenvalue weighted by Gasteiger charge is -2.01. The molecular weight excluding hydrogens is 345 g/mol. The molecule has 0 saturated heterocycles. The largest absolute Gasteiger partial charge is 0.294 e. The lowest BCUT2D eigenvalue weighted by Crippen LogP contribution is -2.05. The second-order valence-electron chi connectivity index (χ2n) is 3.83. The second-order valence-corrected chi connectivity index (χ2v) is 6.28. The first-order valence-corrected chi connectivity index (χ1v) is 7.18. The third-order valence-corrected chi connectivity index (χ3v) is 4.57. The van der Waals surface area contributed by atoms with Crippen molar-refractivity contribution in [2.24, 2.45) is 0 Å². The molecule has 0 N–H and O–H groups in total. The summed E-state index contributed by atoms with van der Waals surface area (Å²) in [4.78, 5) is 17.7. The fourth-order valence-corrected chi connectivity index (χ4v) is 3.16. The van der Waals surface area contributed by atoms with E-state index in [2.05, 4.69) is 27.6 Å². The number of Topliss-reactive ketones (excluding diaryl/α,β-unsaturated/α-hetero) is 1. The van der Waals surface area contributed by atoms with Crippen LogP contribution >= 0.6 is 33.9 Å². The Morgan fingerprint density at radius 2 is 2.06 bits per heavy atom. The lowest BCUT2D eigenvalue weighted by molar-refractivity contribution is 0.0992. The van der Waals surface area contributed by atoms with E-state index in [-0.39, 0.29) is 5.78 Å². The Hall–Kier alpha value is -0.750. The van der Waals surface area contributed by atoms with Crippen molar-refractivity contribution < 1.29 is 4.79 Å². The number of carbonyl (C=O) groups is 1. The highest BCUT2D eigenvalue weighted by Gasteiger charge is 2.13. The minimum Gasteiger partial charge on any atom is -0.294 e. The van der Waals surface area contributed by atoms with Crippen molar-refractivity contribution in [1.82, 2.24) is 4.98 Å². The van der Waals surface area contributed by atoms with Crippen molar-refractivity contribution in [2.45, 2.75) is 20.3 Å². The SMILES string of the molecule is Cc1nc(CC(=O)c2ccccc2I)sc1C. The van der Waals surface area contributed by atoms with Gasteiger partial charge in [-0.1, -0.05) is 18.2 Å². The van der Waals surface area contributed by atoms with Gasteiger partial charge in [-0.25, -0.2) is 4.98 Å². The molecule has 0 radical (unpaired) electrons. The molecule has 0 saturated carbocycles. The molecule has 4 heteroatoms. The van der Waals surface area contributed by atoms with Gasteiger partial charge in [-0.15, -0.1) is 11.3 Å². The van der Waals surface area contributed by atoms with Crippen LogP contribution in [0.3, 0.4) is 0 Å². The summed E-state index contributed by atoms with van der Waals surface area (Å²) >= 11 is 3.80. The molecule has 2 aromatic rings. The Labute approximate surface area is 118 Å². The van der Waals surface area contributed by atoms with Crippen molar-refractivity contribution in [3.05, 3.63) is 49.0 Å². The highest BCUT2D eigenvalue weighted by molar-refractivity contribution is 14.1. The van der Waals surface area contributed by atoms with Gasteiger partial charge in [0.05, 0.1) is 12.1 Å². The average molecular weight is 357 g/mol. The number of hydrogen-bond acceptors (Lipinski definition) is 3. The van der Waals surface area contributed by atoms with Gasteiger partial charge >= 0.3 is 0 Å². The van der Waals surface area contributed by atoms with Crippen LogP contribution in [-0.4, -0.2) is 10.8 Å². The maximum absolute atomic E-state index is 12.1. The van der Waals surface area contributed by atoms with Crippen LogP contribution in [0, 0.1) is 17.4 Å². The van der Waals surface area contributed by atoms with Crippen LogP contribution in [0.5, 0.6) is 0 Å². The summed E-state index contributed by atoms with van der Waals surface area (Å²) in [5.41, 5.74) is 1.82. The van der Waals surface area contributed by atoms with Crippen molar-refractivity contribution >= 4 is 39.7 Å². The average Bonchev–Trinajstić information content (AvgIpc) is 2.58. The van der Waals surface area contributed by atoms with Crippen LogP contribution < -0.4 is 0 Å². The van der Waals surface area contributed by atoms with Crippen LogP contribution in [-0.2, 0) is 6.42 Å². The predicted molar refractivity (Wildman–Crippen MR) is 78.8 cm³/mol. The predicted octanol–water partition coefficient (Wildman–Crippen LogP) is 3.79. The molecule has 0 atom stereocenters. The maximum Gasteiger partial charge on any atom is 0.170 e. The first-order chi connectivity index (χ1) is 8.08. The van der Waals surface area contributed by atoms with Gasteiger partial charge in [0.25, 0.3) is 0 Å². The van der Waals surface area contributed by atoms with E-state index in [1.165, 1.54) is 4.88 Å². The van der Waals surface area contributed by atoms with E-state index in [0.29, 0.717) is 6.42 Å². The van der Waals surface area contributed by atoms with Crippen molar-refractivity contribution in [2.75, 3.05) is 0 Å². The van der Waals surface area contributed by atoms with Gasteiger partial charge in [0, 0.05) is 14.0 Å².